The van der Waals surface area contributed by atoms with E-state index in [1.165, 1.54) is 44.9 Å². The van der Waals surface area contributed by atoms with Crippen LogP contribution in [0.2, 0.25) is 0 Å². The Bertz CT molecular complexity index is 356. The summed E-state index contributed by atoms with van der Waals surface area (Å²) in [7, 11) is 0. The van der Waals surface area contributed by atoms with Crippen LogP contribution in [0.1, 0.15) is 105 Å². The molecule has 0 aromatic rings. The topological polar surface area (TPSA) is 66.8 Å². The van der Waals surface area contributed by atoms with Crippen molar-refractivity contribution in [1.82, 2.24) is 0 Å². The van der Waals surface area contributed by atoms with Gasteiger partial charge in [-0.2, -0.15) is 0 Å². The fourth-order valence-electron chi connectivity index (χ4n) is 3.48. The highest BCUT2D eigenvalue weighted by Crippen LogP contribution is 2.23. The van der Waals surface area contributed by atoms with Crippen molar-refractivity contribution in [2.75, 3.05) is 6.61 Å². The summed E-state index contributed by atoms with van der Waals surface area (Å²) in [5, 5.41) is 18.2. The van der Waals surface area contributed by atoms with Gasteiger partial charge in [0.25, 0.3) is 0 Å². The second kappa shape index (κ2) is 16.4. The molecular formula is C23H46O4. The first-order valence-corrected chi connectivity index (χ1v) is 11.3. The predicted octanol–water partition coefficient (Wildman–Crippen LogP) is 5.70. The highest BCUT2D eigenvalue weighted by Gasteiger charge is 2.12. The smallest absolute Gasteiger partial charge is 0.305 e. The normalized spacial score (nSPS) is 16.1. The van der Waals surface area contributed by atoms with Gasteiger partial charge in [0.15, 0.2) is 6.29 Å². The van der Waals surface area contributed by atoms with Crippen LogP contribution in [0.25, 0.3) is 0 Å². The molecular weight excluding hydrogens is 340 g/mol. The Balaban J connectivity index is 3.59. The molecule has 0 saturated heterocycles. The standard InChI is InChI=1S/C23H46O4/c1-6-22(24)27-17-16-20(4)13-8-12-18(2)10-7-11-19(3)14-9-15-21(5)23(25)26/h18-21,23,25-26H,6-17H2,1-5H3. The van der Waals surface area contributed by atoms with Gasteiger partial charge in [-0.25, -0.2) is 0 Å². The molecule has 0 aliphatic rings. The highest BCUT2D eigenvalue weighted by molar-refractivity contribution is 5.68. The maximum atomic E-state index is 11.1. The number of ether oxygens (including phenoxy) is 1. The van der Waals surface area contributed by atoms with Gasteiger partial charge >= 0.3 is 5.97 Å². The zero-order valence-electron chi connectivity index (χ0n) is 18.6. The van der Waals surface area contributed by atoms with Gasteiger partial charge in [-0.15, -0.1) is 0 Å². The molecule has 0 amide bonds. The largest absolute Gasteiger partial charge is 0.466 e. The molecule has 0 aromatic carbocycles. The summed E-state index contributed by atoms with van der Waals surface area (Å²) in [6.07, 6.45) is 11.1. The van der Waals surface area contributed by atoms with Crippen LogP contribution in [0.5, 0.6) is 0 Å². The van der Waals surface area contributed by atoms with Crippen molar-refractivity contribution in [3.05, 3.63) is 0 Å². The molecule has 162 valence electrons. The second-order valence-corrected chi connectivity index (χ2v) is 8.86. The van der Waals surface area contributed by atoms with E-state index in [2.05, 4.69) is 20.8 Å². The van der Waals surface area contributed by atoms with Crippen molar-refractivity contribution in [2.45, 2.75) is 112 Å². The molecule has 4 heteroatoms. The van der Waals surface area contributed by atoms with Crippen LogP contribution in [0, 0.1) is 23.7 Å². The summed E-state index contributed by atoms with van der Waals surface area (Å²) in [6.45, 7) is 11.2. The van der Waals surface area contributed by atoms with Crippen molar-refractivity contribution in [3.63, 3.8) is 0 Å². The third-order valence-electron chi connectivity index (χ3n) is 5.82. The minimum atomic E-state index is -1.17. The van der Waals surface area contributed by atoms with Gasteiger partial charge in [0.2, 0.25) is 0 Å². The fourth-order valence-corrected chi connectivity index (χ4v) is 3.48. The lowest BCUT2D eigenvalue weighted by molar-refractivity contribution is -0.143. The van der Waals surface area contributed by atoms with Crippen molar-refractivity contribution in [2.24, 2.45) is 23.7 Å². The van der Waals surface area contributed by atoms with Crippen molar-refractivity contribution >= 4 is 5.97 Å². The van der Waals surface area contributed by atoms with Gasteiger partial charge in [-0.3, -0.25) is 4.79 Å². The van der Waals surface area contributed by atoms with Crippen LogP contribution >= 0.6 is 0 Å². The van der Waals surface area contributed by atoms with Crippen LogP contribution in [0.15, 0.2) is 0 Å². The van der Waals surface area contributed by atoms with Gasteiger partial charge in [-0.1, -0.05) is 86.0 Å². The van der Waals surface area contributed by atoms with E-state index < -0.39 is 6.29 Å². The first-order chi connectivity index (χ1) is 12.8. The van der Waals surface area contributed by atoms with Crippen LogP contribution in [0.4, 0.5) is 0 Å². The van der Waals surface area contributed by atoms with Crippen LogP contribution < -0.4 is 0 Å². The van der Waals surface area contributed by atoms with Crippen LogP contribution in [-0.4, -0.2) is 29.1 Å². The predicted molar refractivity (Wildman–Crippen MR) is 112 cm³/mol. The molecule has 0 radical (unpaired) electrons. The average molecular weight is 387 g/mol. The Labute approximate surface area is 168 Å². The van der Waals surface area contributed by atoms with Gasteiger partial charge < -0.3 is 14.9 Å². The molecule has 0 spiro atoms. The van der Waals surface area contributed by atoms with E-state index in [0.29, 0.717) is 18.9 Å². The second-order valence-electron chi connectivity index (χ2n) is 8.86. The van der Waals surface area contributed by atoms with E-state index in [-0.39, 0.29) is 11.9 Å². The highest BCUT2D eigenvalue weighted by atomic mass is 16.5. The lowest BCUT2D eigenvalue weighted by Crippen LogP contribution is -2.16. The third kappa shape index (κ3) is 16.1. The van der Waals surface area contributed by atoms with Gasteiger partial charge in [0.1, 0.15) is 0 Å². The average Bonchev–Trinajstić information content (AvgIpc) is 2.61. The monoisotopic (exact) mass is 386 g/mol. The number of aliphatic hydroxyl groups excluding tert-OH is 1. The van der Waals surface area contributed by atoms with Crippen LogP contribution in [0.3, 0.4) is 0 Å². The number of rotatable bonds is 17. The number of aliphatic hydroxyl groups is 2. The lowest BCUT2D eigenvalue weighted by Gasteiger charge is -2.17. The minimum Gasteiger partial charge on any atom is -0.466 e. The van der Waals surface area contributed by atoms with E-state index >= 15 is 0 Å². The number of hydrogen-bond donors (Lipinski definition) is 2. The summed E-state index contributed by atoms with van der Waals surface area (Å²) in [6, 6.07) is 0. The molecule has 0 rings (SSSR count). The molecule has 4 nitrogen and oxygen atoms in total. The van der Waals surface area contributed by atoms with Crippen molar-refractivity contribution in [1.29, 1.82) is 0 Å². The number of carbonyl (C=O) groups excluding carboxylic acids is 1. The lowest BCUT2D eigenvalue weighted by atomic mass is 9.90. The van der Waals surface area contributed by atoms with Crippen molar-refractivity contribution in [3.8, 4) is 0 Å². The van der Waals surface area contributed by atoms with Crippen LogP contribution in [-0.2, 0) is 9.53 Å². The van der Waals surface area contributed by atoms with Gasteiger partial charge in [0, 0.05) is 12.3 Å². The van der Waals surface area contributed by atoms with E-state index in [0.717, 1.165) is 31.1 Å². The number of carbonyl (C=O) groups is 1. The van der Waals surface area contributed by atoms with E-state index in [9.17, 15) is 4.79 Å². The van der Waals surface area contributed by atoms with E-state index in [4.69, 9.17) is 14.9 Å². The molecule has 0 fully saturated rings. The SMILES string of the molecule is CCC(=O)OCCC(C)CCCC(C)CCCC(C)CCCC(C)C(O)O. The molecule has 0 aromatic heterocycles. The summed E-state index contributed by atoms with van der Waals surface area (Å²) in [5.74, 6) is 2.03. The Kier molecular flexibility index (Phi) is 16.0. The molecule has 0 heterocycles. The summed E-state index contributed by atoms with van der Waals surface area (Å²) >= 11 is 0. The van der Waals surface area contributed by atoms with Gasteiger partial charge in [-0.05, 0) is 30.6 Å². The molecule has 0 aliphatic carbocycles. The summed E-state index contributed by atoms with van der Waals surface area (Å²) in [5.41, 5.74) is 0. The third-order valence-corrected chi connectivity index (χ3v) is 5.82. The quantitative estimate of drug-likeness (QED) is 0.249. The van der Waals surface area contributed by atoms with E-state index in [1.54, 1.807) is 0 Å². The summed E-state index contributed by atoms with van der Waals surface area (Å²) < 4.78 is 5.15. The molecule has 4 unspecified atom stereocenters. The fraction of sp³-hybridized carbons (Fsp3) is 0.957. The first-order valence-electron chi connectivity index (χ1n) is 11.3. The molecule has 2 N–H and O–H groups in total. The molecule has 0 aliphatic heterocycles. The Morgan fingerprint density at radius 1 is 0.741 bits per heavy atom. The minimum absolute atomic E-state index is 0.0155. The Hall–Kier alpha value is -0.610. The first kappa shape index (κ1) is 26.4. The molecule has 0 saturated carbocycles. The molecule has 4 atom stereocenters. The van der Waals surface area contributed by atoms with Gasteiger partial charge in [0.05, 0.1) is 6.61 Å². The molecule has 0 bridgehead atoms. The number of hydrogen-bond acceptors (Lipinski definition) is 4. The van der Waals surface area contributed by atoms with Crippen molar-refractivity contribution < 1.29 is 19.7 Å². The Morgan fingerprint density at radius 3 is 1.56 bits per heavy atom. The zero-order valence-corrected chi connectivity index (χ0v) is 18.6. The molecule has 27 heavy (non-hydrogen) atoms. The zero-order chi connectivity index (χ0) is 20.7. The summed E-state index contributed by atoms with van der Waals surface area (Å²) in [4.78, 5) is 11.1. The van der Waals surface area contributed by atoms with E-state index in [1.807, 2.05) is 13.8 Å². The maximum Gasteiger partial charge on any atom is 0.305 e. The maximum absolute atomic E-state index is 11.1. The Morgan fingerprint density at radius 2 is 1.15 bits per heavy atom. The number of esters is 1.